The van der Waals surface area contributed by atoms with E-state index in [0.29, 0.717) is 5.41 Å². The molecule has 19 heavy (non-hydrogen) atoms. The summed E-state index contributed by atoms with van der Waals surface area (Å²) < 4.78 is 0. The van der Waals surface area contributed by atoms with E-state index in [4.69, 9.17) is 0 Å². The first-order valence-electron chi connectivity index (χ1n) is 8.26. The summed E-state index contributed by atoms with van der Waals surface area (Å²) in [5, 5.41) is 3.67. The molecule has 1 atom stereocenters. The SMILES string of the molecule is CCCC(C)(CNCC(C)C)CN(CC)CC(C)C. The molecule has 2 heteroatoms. The third-order valence-electron chi connectivity index (χ3n) is 3.63. The van der Waals surface area contributed by atoms with Crippen LogP contribution < -0.4 is 5.32 Å². The van der Waals surface area contributed by atoms with Crippen molar-refractivity contribution in [1.82, 2.24) is 10.2 Å². The number of hydrogen-bond acceptors (Lipinski definition) is 2. The largest absolute Gasteiger partial charge is 0.316 e. The smallest absolute Gasteiger partial charge is 0.00475 e. The Hall–Kier alpha value is -0.0800. The molecule has 0 heterocycles. The summed E-state index contributed by atoms with van der Waals surface area (Å²) in [7, 11) is 0. The maximum absolute atomic E-state index is 3.67. The van der Waals surface area contributed by atoms with Crippen LogP contribution in [-0.2, 0) is 0 Å². The molecule has 0 rings (SSSR count). The molecule has 0 radical (unpaired) electrons. The van der Waals surface area contributed by atoms with E-state index < -0.39 is 0 Å². The lowest BCUT2D eigenvalue weighted by atomic mass is 9.84. The molecular formula is C17H38N2. The molecule has 1 N–H and O–H groups in total. The molecule has 0 saturated heterocycles. The fourth-order valence-corrected chi connectivity index (χ4v) is 2.85. The Bertz CT molecular complexity index is 213. The van der Waals surface area contributed by atoms with Gasteiger partial charge in [0.25, 0.3) is 0 Å². The summed E-state index contributed by atoms with van der Waals surface area (Å²) in [5.74, 6) is 1.50. The van der Waals surface area contributed by atoms with Crippen molar-refractivity contribution >= 4 is 0 Å². The molecule has 0 fully saturated rings. The van der Waals surface area contributed by atoms with Gasteiger partial charge in [-0.05, 0) is 36.8 Å². The van der Waals surface area contributed by atoms with Crippen LogP contribution in [0.1, 0.15) is 61.3 Å². The maximum atomic E-state index is 3.67. The molecule has 0 aliphatic carbocycles. The standard InChI is InChI=1S/C17H38N2/c1-8-10-17(7,13-18-11-15(3)4)14-19(9-2)12-16(5)6/h15-16,18H,8-14H2,1-7H3. The number of rotatable bonds is 11. The molecule has 2 nitrogen and oxygen atoms in total. The van der Waals surface area contributed by atoms with Crippen molar-refractivity contribution in [3.63, 3.8) is 0 Å². The minimum Gasteiger partial charge on any atom is -0.316 e. The predicted molar refractivity (Wildman–Crippen MR) is 87.7 cm³/mol. The molecule has 0 saturated carbocycles. The third-order valence-corrected chi connectivity index (χ3v) is 3.63. The van der Waals surface area contributed by atoms with Crippen molar-refractivity contribution in [2.45, 2.75) is 61.3 Å². The third kappa shape index (κ3) is 9.45. The van der Waals surface area contributed by atoms with Gasteiger partial charge in [0.15, 0.2) is 0 Å². The Balaban J connectivity index is 4.40. The molecule has 0 aliphatic heterocycles. The Labute approximate surface area is 122 Å². The Morgan fingerprint density at radius 3 is 2.11 bits per heavy atom. The minimum atomic E-state index is 0.411. The van der Waals surface area contributed by atoms with Gasteiger partial charge >= 0.3 is 0 Å². The molecule has 0 spiro atoms. The van der Waals surface area contributed by atoms with Crippen LogP contribution in [0, 0.1) is 17.3 Å². The van der Waals surface area contributed by atoms with Crippen molar-refractivity contribution in [2.24, 2.45) is 17.3 Å². The monoisotopic (exact) mass is 270 g/mol. The lowest BCUT2D eigenvalue weighted by Crippen LogP contribution is -2.44. The van der Waals surface area contributed by atoms with Crippen molar-refractivity contribution in [3.8, 4) is 0 Å². The quantitative estimate of drug-likeness (QED) is 0.610. The second kappa shape index (κ2) is 9.77. The molecule has 0 bridgehead atoms. The van der Waals surface area contributed by atoms with Crippen LogP contribution in [0.15, 0.2) is 0 Å². The number of nitrogens with one attached hydrogen (secondary N) is 1. The highest BCUT2D eigenvalue weighted by atomic mass is 15.1. The Morgan fingerprint density at radius 2 is 1.68 bits per heavy atom. The van der Waals surface area contributed by atoms with Gasteiger partial charge < -0.3 is 10.2 Å². The first-order valence-corrected chi connectivity index (χ1v) is 8.26. The number of hydrogen-bond donors (Lipinski definition) is 1. The van der Waals surface area contributed by atoms with Crippen molar-refractivity contribution in [2.75, 3.05) is 32.7 Å². The normalized spacial score (nSPS) is 15.5. The van der Waals surface area contributed by atoms with E-state index in [-0.39, 0.29) is 0 Å². The summed E-state index contributed by atoms with van der Waals surface area (Å²) in [6.07, 6.45) is 2.59. The van der Waals surface area contributed by atoms with Gasteiger partial charge in [-0.15, -0.1) is 0 Å². The highest BCUT2D eigenvalue weighted by Crippen LogP contribution is 2.24. The summed E-state index contributed by atoms with van der Waals surface area (Å²) in [6, 6.07) is 0. The predicted octanol–water partition coefficient (Wildman–Crippen LogP) is 4.02. The van der Waals surface area contributed by atoms with Gasteiger partial charge in [-0.1, -0.05) is 54.9 Å². The van der Waals surface area contributed by atoms with Crippen molar-refractivity contribution in [3.05, 3.63) is 0 Å². The van der Waals surface area contributed by atoms with E-state index in [1.54, 1.807) is 0 Å². The summed E-state index contributed by atoms with van der Waals surface area (Å²) in [4.78, 5) is 2.62. The number of nitrogens with zero attached hydrogens (tertiary/aromatic N) is 1. The van der Waals surface area contributed by atoms with Crippen LogP contribution in [0.25, 0.3) is 0 Å². The average molecular weight is 271 g/mol. The van der Waals surface area contributed by atoms with Crippen LogP contribution in [0.2, 0.25) is 0 Å². The molecule has 0 aliphatic rings. The fourth-order valence-electron chi connectivity index (χ4n) is 2.85. The van der Waals surface area contributed by atoms with Gasteiger partial charge in [0.05, 0.1) is 0 Å². The second-order valence-electron chi connectivity index (χ2n) is 7.31. The average Bonchev–Trinajstić information content (AvgIpc) is 2.27. The van der Waals surface area contributed by atoms with Crippen LogP contribution in [0.4, 0.5) is 0 Å². The van der Waals surface area contributed by atoms with Crippen LogP contribution in [-0.4, -0.2) is 37.6 Å². The van der Waals surface area contributed by atoms with Gasteiger partial charge in [-0.3, -0.25) is 0 Å². The van der Waals surface area contributed by atoms with Gasteiger partial charge in [0.1, 0.15) is 0 Å². The molecule has 0 aromatic carbocycles. The van der Waals surface area contributed by atoms with Crippen LogP contribution in [0.5, 0.6) is 0 Å². The lowest BCUT2D eigenvalue weighted by molar-refractivity contribution is 0.142. The molecule has 0 amide bonds. The minimum absolute atomic E-state index is 0.411. The second-order valence-corrected chi connectivity index (χ2v) is 7.31. The van der Waals surface area contributed by atoms with Gasteiger partial charge in [0, 0.05) is 19.6 Å². The first kappa shape index (κ1) is 18.9. The maximum Gasteiger partial charge on any atom is 0.00475 e. The zero-order valence-corrected chi connectivity index (χ0v) is 14.6. The van der Waals surface area contributed by atoms with Crippen LogP contribution >= 0.6 is 0 Å². The molecule has 1 unspecified atom stereocenters. The van der Waals surface area contributed by atoms with Gasteiger partial charge in [-0.2, -0.15) is 0 Å². The highest BCUT2D eigenvalue weighted by molar-refractivity contribution is 4.81. The molecular weight excluding hydrogens is 232 g/mol. The zero-order valence-electron chi connectivity index (χ0n) is 14.6. The topological polar surface area (TPSA) is 15.3 Å². The Kier molecular flexibility index (Phi) is 9.72. The van der Waals surface area contributed by atoms with Crippen molar-refractivity contribution in [1.29, 1.82) is 0 Å². The fraction of sp³-hybridized carbons (Fsp3) is 1.00. The highest BCUT2D eigenvalue weighted by Gasteiger charge is 2.25. The molecule has 116 valence electrons. The van der Waals surface area contributed by atoms with Gasteiger partial charge in [-0.25, -0.2) is 0 Å². The van der Waals surface area contributed by atoms with E-state index in [2.05, 4.69) is 58.7 Å². The van der Waals surface area contributed by atoms with E-state index in [1.165, 1.54) is 32.5 Å². The first-order chi connectivity index (χ1) is 8.83. The lowest BCUT2D eigenvalue weighted by Gasteiger charge is -2.36. The van der Waals surface area contributed by atoms with E-state index in [1.807, 2.05) is 0 Å². The van der Waals surface area contributed by atoms with Crippen molar-refractivity contribution < 1.29 is 0 Å². The summed E-state index contributed by atoms with van der Waals surface area (Å²) in [5.41, 5.74) is 0.411. The summed E-state index contributed by atoms with van der Waals surface area (Å²) in [6.45, 7) is 22.1. The molecule has 0 aromatic heterocycles. The summed E-state index contributed by atoms with van der Waals surface area (Å²) >= 11 is 0. The van der Waals surface area contributed by atoms with E-state index >= 15 is 0 Å². The Morgan fingerprint density at radius 1 is 1.05 bits per heavy atom. The zero-order chi connectivity index (χ0) is 14.9. The van der Waals surface area contributed by atoms with E-state index in [9.17, 15) is 0 Å². The molecule has 0 aromatic rings. The van der Waals surface area contributed by atoms with Gasteiger partial charge in [0.2, 0.25) is 0 Å². The van der Waals surface area contributed by atoms with E-state index in [0.717, 1.165) is 24.9 Å². The van der Waals surface area contributed by atoms with Crippen LogP contribution in [0.3, 0.4) is 0 Å².